The number of aromatic nitrogens is 2. The number of esters is 1. The van der Waals surface area contributed by atoms with E-state index in [4.69, 9.17) is 9.26 Å². The van der Waals surface area contributed by atoms with Crippen LogP contribution in [0, 0.1) is 0 Å². The number of halogens is 1. The minimum Gasteiger partial charge on any atom is -0.465 e. The number of carbonyl (C=O) groups excluding carboxylic acids is 1. The van der Waals surface area contributed by atoms with Crippen LogP contribution < -0.4 is 0 Å². The summed E-state index contributed by atoms with van der Waals surface area (Å²) in [5.74, 6) is -0.231. The molecule has 0 bridgehead atoms. The van der Waals surface area contributed by atoms with Crippen LogP contribution in [0.5, 0.6) is 0 Å². The van der Waals surface area contributed by atoms with E-state index in [1.165, 1.54) is 0 Å². The van der Waals surface area contributed by atoms with Crippen molar-refractivity contribution in [3.05, 3.63) is 46.0 Å². The molecule has 1 unspecified atom stereocenters. The maximum Gasteiger partial charge on any atom is 0.323 e. The SMILES string of the molecule is CCOC(=O)C(c1ccc(Br)cc1)c1nc(CC)no1. The third-order valence-electron chi connectivity index (χ3n) is 2.77. The molecular formula is C14H15BrN2O3. The van der Waals surface area contributed by atoms with Gasteiger partial charge >= 0.3 is 5.97 Å². The predicted molar refractivity (Wildman–Crippen MR) is 76.3 cm³/mol. The number of ether oxygens (including phenoxy) is 1. The molecule has 1 heterocycles. The molecule has 0 N–H and O–H groups in total. The predicted octanol–water partition coefficient (Wildman–Crippen LogP) is 3.09. The molecule has 0 spiro atoms. The van der Waals surface area contributed by atoms with Crippen molar-refractivity contribution in [1.29, 1.82) is 0 Å². The molecule has 6 heteroatoms. The molecular weight excluding hydrogens is 324 g/mol. The van der Waals surface area contributed by atoms with Crippen molar-refractivity contribution < 1.29 is 14.1 Å². The van der Waals surface area contributed by atoms with Crippen molar-refractivity contribution in [2.24, 2.45) is 0 Å². The second kappa shape index (κ2) is 6.65. The van der Waals surface area contributed by atoms with Crippen molar-refractivity contribution in [3.63, 3.8) is 0 Å². The van der Waals surface area contributed by atoms with Crippen LogP contribution in [0.1, 0.15) is 37.0 Å². The number of rotatable bonds is 5. The number of nitrogens with zero attached hydrogens (tertiary/aromatic N) is 2. The van der Waals surface area contributed by atoms with E-state index in [0.29, 0.717) is 18.9 Å². The maximum absolute atomic E-state index is 12.2. The highest BCUT2D eigenvalue weighted by Gasteiger charge is 2.29. The van der Waals surface area contributed by atoms with E-state index in [2.05, 4.69) is 26.1 Å². The van der Waals surface area contributed by atoms with Crippen molar-refractivity contribution in [3.8, 4) is 0 Å². The van der Waals surface area contributed by atoms with E-state index >= 15 is 0 Å². The van der Waals surface area contributed by atoms with Crippen LogP contribution in [0.3, 0.4) is 0 Å². The minimum atomic E-state index is -0.684. The minimum absolute atomic E-state index is 0.266. The summed E-state index contributed by atoms with van der Waals surface area (Å²) in [5.41, 5.74) is 0.762. The third-order valence-corrected chi connectivity index (χ3v) is 3.30. The lowest BCUT2D eigenvalue weighted by atomic mass is 9.99. The van der Waals surface area contributed by atoms with E-state index < -0.39 is 5.92 Å². The molecule has 0 fully saturated rings. The van der Waals surface area contributed by atoms with Gasteiger partial charge in [-0.15, -0.1) is 0 Å². The van der Waals surface area contributed by atoms with Crippen LogP contribution in [0.4, 0.5) is 0 Å². The van der Waals surface area contributed by atoms with Crippen LogP contribution in [-0.2, 0) is 16.0 Å². The van der Waals surface area contributed by atoms with Crippen LogP contribution in [0.15, 0.2) is 33.3 Å². The van der Waals surface area contributed by atoms with Gasteiger partial charge in [-0.1, -0.05) is 40.1 Å². The molecule has 0 aliphatic carbocycles. The smallest absolute Gasteiger partial charge is 0.323 e. The number of hydrogen-bond acceptors (Lipinski definition) is 5. The van der Waals surface area contributed by atoms with Gasteiger partial charge in [0.25, 0.3) is 0 Å². The summed E-state index contributed by atoms with van der Waals surface area (Å²) in [6.07, 6.45) is 0.652. The normalized spacial score (nSPS) is 12.2. The third kappa shape index (κ3) is 3.25. The quantitative estimate of drug-likeness (QED) is 0.783. The van der Waals surface area contributed by atoms with Gasteiger partial charge in [-0.05, 0) is 24.6 Å². The Labute approximate surface area is 125 Å². The zero-order valence-corrected chi connectivity index (χ0v) is 12.9. The van der Waals surface area contributed by atoms with Crippen LogP contribution >= 0.6 is 15.9 Å². The van der Waals surface area contributed by atoms with Gasteiger partial charge in [0.2, 0.25) is 5.89 Å². The molecule has 0 saturated carbocycles. The summed E-state index contributed by atoms with van der Waals surface area (Å²) in [5, 5.41) is 3.84. The largest absolute Gasteiger partial charge is 0.465 e. The molecule has 1 aromatic heterocycles. The monoisotopic (exact) mass is 338 g/mol. The van der Waals surface area contributed by atoms with Gasteiger partial charge in [0.1, 0.15) is 0 Å². The Bertz CT molecular complexity index is 580. The lowest BCUT2D eigenvalue weighted by molar-refractivity contribution is -0.144. The van der Waals surface area contributed by atoms with E-state index in [-0.39, 0.29) is 11.9 Å². The maximum atomic E-state index is 12.2. The Morgan fingerprint density at radius 1 is 1.35 bits per heavy atom. The van der Waals surface area contributed by atoms with Crippen molar-refractivity contribution >= 4 is 21.9 Å². The lowest BCUT2D eigenvalue weighted by Crippen LogP contribution is -2.17. The molecule has 0 amide bonds. The summed E-state index contributed by atoms with van der Waals surface area (Å²) < 4.78 is 11.2. The molecule has 20 heavy (non-hydrogen) atoms. The first-order valence-corrected chi connectivity index (χ1v) is 7.19. The molecule has 0 radical (unpaired) electrons. The first kappa shape index (κ1) is 14.7. The van der Waals surface area contributed by atoms with Gasteiger partial charge in [-0.25, -0.2) is 0 Å². The first-order valence-electron chi connectivity index (χ1n) is 6.40. The Hall–Kier alpha value is -1.69. The molecule has 0 saturated heterocycles. The zero-order chi connectivity index (χ0) is 14.5. The Morgan fingerprint density at radius 2 is 2.05 bits per heavy atom. The van der Waals surface area contributed by atoms with Gasteiger partial charge in [0.05, 0.1) is 6.61 Å². The Kier molecular flexibility index (Phi) is 4.89. The van der Waals surface area contributed by atoms with Crippen LogP contribution in [-0.4, -0.2) is 22.7 Å². The first-order chi connectivity index (χ1) is 9.65. The second-order valence-corrected chi connectivity index (χ2v) is 5.05. The van der Waals surface area contributed by atoms with Gasteiger partial charge in [-0.2, -0.15) is 4.98 Å². The molecule has 106 valence electrons. The molecule has 2 aromatic rings. The fourth-order valence-electron chi connectivity index (χ4n) is 1.79. The highest BCUT2D eigenvalue weighted by molar-refractivity contribution is 9.10. The van der Waals surface area contributed by atoms with Gasteiger partial charge in [-0.3, -0.25) is 4.79 Å². The summed E-state index contributed by atoms with van der Waals surface area (Å²) in [4.78, 5) is 16.4. The Morgan fingerprint density at radius 3 is 2.60 bits per heavy atom. The molecule has 1 atom stereocenters. The molecule has 5 nitrogen and oxygen atoms in total. The molecule has 2 rings (SSSR count). The van der Waals surface area contributed by atoms with Gasteiger partial charge < -0.3 is 9.26 Å². The standard InChI is InChI=1S/C14H15BrN2O3/c1-3-11-16-13(20-17-11)12(14(18)19-4-2)9-5-7-10(15)8-6-9/h5-8,12H,3-4H2,1-2H3. The summed E-state index contributed by atoms with van der Waals surface area (Å²) >= 11 is 3.37. The van der Waals surface area contributed by atoms with E-state index in [9.17, 15) is 4.79 Å². The molecule has 0 aliphatic heterocycles. The average molecular weight is 339 g/mol. The van der Waals surface area contributed by atoms with E-state index in [0.717, 1.165) is 10.0 Å². The number of carbonyl (C=O) groups is 1. The fourth-order valence-corrected chi connectivity index (χ4v) is 2.05. The topological polar surface area (TPSA) is 65.2 Å². The van der Waals surface area contributed by atoms with Crippen LogP contribution in [0.2, 0.25) is 0 Å². The van der Waals surface area contributed by atoms with E-state index in [1.54, 1.807) is 6.92 Å². The summed E-state index contributed by atoms with van der Waals surface area (Å²) in [6.45, 7) is 4.00. The second-order valence-electron chi connectivity index (χ2n) is 4.14. The summed E-state index contributed by atoms with van der Waals surface area (Å²) in [7, 11) is 0. The number of aryl methyl sites for hydroxylation is 1. The fraction of sp³-hybridized carbons (Fsp3) is 0.357. The van der Waals surface area contributed by atoms with Crippen LogP contribution in [0.25, 0.3) is 0 Å². The molecule has 1 aromatic carbocycles. The zero-order valence-electron chi connectivity index (χ0n) is 11.3. The van der Waals surface area contributed by atoms with Gasteiger partial charge in [0, 0.05) is 10.9 Å². The molecule has 0 aliphatic rings. The highest BCUT2D eigenvalue weighted by atomic mass is 79.9. The van der Waals surface area contributed by atoms with Gasteiger partial charge in [0.15, 0.2) is 11.7 Å². The average Bonchev–Trinajstić information content (AvgIpc) is 2.90. The number of benzene rings is 1. The van der Waals surface area contributed by atoms with Crippen molar-refractivity contribution in [1.82, 2.24) is 10.1 Å². The lowest BCUT2D eigenvalue weighted by Gasteiger charge is -2.12. The van der Waals surface area contributed by atoms with E-state index in [1.807, 2.05) is 31.2 Å². The number of hydrogen-bond donors (Lipinski definition) is 0. The highest BCUT2D eigenvalue weighted by Crippen LogP contribution is 2.26. The van der Waals surface area contributed by atoms with Crippen molar-refractivity contribution in [2.75, 3.05) is 6.61 Å². The summed E-state index contributed by atoms with van der Waals surface area (Å²) in [6, 6.07) is 7.39. The van der Waals surface area contributed by atoms with Crippen molar-refractivity contribution in [2.45, 2.75) is 26.2 Å². The Balaban J connectivity index is 2.38.